The van der Waals surface area contributed by atoms with Gasteiger partial charge in [0.2, 0.25) is 5.88 Å². The van der Waals surface area contributed by atoms with Gasteiger partial charge in [0.05, 0.1) is 26.2 Å². The largest absolute Gasteiger partial charge is 0.497 e. The standard InChI is InChI=1S/C39H45N7O9/c1-39(2,3)55-37(49)41-18-20-52-32-15-7-25-8-16-33(47)44(35(25)43-32)19-17-40-26-9-12-28-30(21-26)54-38(50)46(28)31-14-13-29-36(42-31)45(34(48)23-53-29)22-24-5-10-27(51-4)11-6-24/h5-8,10-11,13-16,26,28,30,40H,9,12,17-23H2,1-4H3,(H,41,49)/t26-,28-,30+/m0/s1. The quantitative estimate of drug-likeness (QED) is 0.198. The van der Waals surface area contributed by atoms with Crippen LogP contribution in [0.5, 0.6) is 17.4 Å². The number of alkyl carbamates (subject to hydrolysis) is 1. The first kappa shape index (κ1) is 37.4. The van der Waals surface area contributed by atoms with Crippen LogP contribution >= 0.6 is 0 Å². The van der Waals surface area contributed by atoms with Gasteiger partial charge < -0.3 is 34.3 Å². The Bertz CT molecular complexity index is 2120. The summed E-state index contributed by atoms with van der Waals surface area (Å²) in [5, 5.41) is 6.98. The number of hydrogen-bond donors (Lipinski definition) is 2. The summed E-state index contributed by atoms with van der Waals surface area (Å²) in [6.45, 7) is 6.78. The zero-order chi connectivity index (χ0) is 38.7. The van der Waals surface area contributed by atoms with Crippen LogP contribution in [0.2, 0.25) is 0 Å². The molecule has 2 aliphatic heterocycles. The number of amides is 3. The number of fused-ring (bicyclic) bond motifs is 3. The van der Waals surface area contributed by atoms with E-state index in [0.717, 1.165) is 17.4 Å². The third-order valence-electron chi connectivity index (χ3n) is 9.61. The molecule has 2 fully saturated rings. The summed E-state index contributed by atoms with van der Waals surface area (Å²) in [5.74, 6) is 2.02. The van der Waals surface area contributed by atoms with Gasteiger partial charge in [-0.05, 0) is 75.6 Å². The van der Waals surface area contributed by atoms with E-state index < -0.39 is 17.8 Å². The molecular formula is C39H45N7O9. The average Bonchev–Trinajstić information content (AvgIpc) is 3.49. The van der Waals surface area contributed by atoms with Crippen LogP contribution in [-0.4, -0.2) is 89.8 Å². The summed E-state index contributed by atoms with van der Waals surface area (Å²) in [6, 6.07) is 17.5. The molecule has 16 nitrogen and oxygen atoms in total. The zero-order valence-electron chi connectivity index (χ0n) is 31.3. The van der Waals surface area contributed by atoms with E-state index in [1.54, 1.807) is 66.5 Å². The molecule has 5 heterocycles. The van der Waals surface area contributed by atoms with Gasteiger partial charge in [-0.1, -0.05) is 12.1 Å². The van der Waals surface area contributed by atoms with Crippen molar-refractivity contribution in [2.24, 2.45) is 0 Å². The van der Waals surface area contributed by atoms with Gasteiger partial charge in [-0.2, -0.15) is 4.98 Å². The lowest BCUT2D eigenvalue weighted by Crippen LogP contribution is -2.47. The molecule has 55 heavy (non-hydrogen) atoms. The third kappa shape index (κ3) is 8.59. The maximum absolute atomic E-state index is 13.3. The number of nitrogens with zero attached hydrogens (tertiary/aromatic N) is 5. The summed E-state index contributed by atoms with van der Waals surface area (Å²) in [6.07, 6.45) is 0.631. The summed E-state index contributed by atoms with van der Waals surface area (Å²) in [5.41, 5.74) is 0.588. The Morgan fingerprint density at radius 3 is 2.55 bits per heavy atom. The third-order valence-corrected chi connectivity index (χ3v) is 9.61. The molecule has 16 heteroatoms. The Hall–Kier alpha value is -5.90. The second-order valence-electron chi connectivity index (χ2n) is 14.6. The highest BCUT2D eigenvalue weighted by atomic mass is 16.6. The Morgan fingerprint density at radius 2 is 1.76 bits per heavy atom. The Balaban J connectivity index is 0.957. The highest BCUT2D eigenvalue weighted by Crippen LogP contribution is 2.39. The van der Waals surface area contributed by atoms with Crippen molar-refractivity contribution >= 4 is 40.8 Å². The molecule has 3 aromatic heterocycles. The second kappa shape index (κ2) is 15.8. The van der Waals surface area contributed by atoms with Crippen molar-refractivity contribution in [3.05, 3.63) is 76.6 Å². The monoisotopic (exact) mass is 755 g/mol. The maximum atomic E-state index is 13.3. The molecule has 1 saturated heterocycles. The van der Waals surface area contributed by atoms with Crippen LogP contribution in [0.1, 0.15) is 45.6 Å². The molecule has 0 radical (unpaired) electrons. The van der Waals surface area contributed by atoms with Crippen molar-refractivity contribution in [1.29, 1.82) is 0 Å². The lowest BCUT2D eigenvalue weighted by atomic mass is 9.88. The molecule has 0 unspecified atom stereocenters. The predicted octanol–water partition coefficient (Wildman–Crippen LogP) is 4.17. The molecule has 0 spiro atoms. The van der Waals surface area contributed by atoms with Crippen molar-refractivity contribution in [2.45, 2.75) is 76.9 Å². The molecule has 290 valence electrons. The van der Waals surface area contributed by atoms with E-state index in [-0.39, 0.29) is 56.0 Å². The second-order valence-corrected chi connectivity index (χ2v) is 14.6. The highest BCUT2D eigenvalue weighted by molar-refractivity contribution is 5.97. The van der Waals surface area contributed by atoms with Crippen LogP contribution in [-0.2, 0) is 27.4 Å². The normalized spacial score (nSPS) is 19.3. The van der Waals surface area contributed by atoms with Crippen LogP contribution in [0, 0.1) is 0 Å². The van der Waals surface area contributed by atoms with Crippen LogP contribution in [0.4, 0.5) is 21.2 Å². The number of nitrogens with one attached hydrogen (secondary N) is 2. The van der Waals surface area contributed by atoms with Crippen LogP contribution in [0.15, 0.2) is 65.5 Å². The smallest absolute Gasteiger partial charge is 0.416 e. The molecule has 7 rings (SSSR count). The van der Waals surface area contributed by atoms with Crippen LogP contribution in [0.25, 0.3) is 11.0 Å². The van der Waals surface area contributed by atoms with Gasteiger partial charge in [0.1, 0.15) is 35.5 Å². The molecule has 3 amide bonds. The lowest BCUT2D eigenvalue weighted by molar-refractivity contribution is -0.121. The van der Waals surface area contributed by atoms with Gasteiger partial charge in [0.15, 0.2) is 18.2 Å². The number of methoxy groups -OCH3 is 1. The van der Waals surface area contributed by atoms with Gasteiger partial charge in [0, 0.05) is 43.1 Å². The van der Waals surface area contributed by atoms with Gasteiger partial charge in [-0.25, -0.2) is 14.6 Å². The number of rotatable bonds is 12. The van der Waals surface area contributed by atoms with E-state index in [0.29, 0.717) is 60.6 Å². The SMILES string of the molecule is COc1ccc(CN2C(=O)COc3ccc(N4C(=O)O[C@@H]5C[C@@H](NCCn6c(=O)ccc7ccc(OCCNC(=O)OC(C)(C)C)nc76)CC[C@@H]54)nc32)cc1. The Labute approximate surface area is 317 Å². The first-order chi connectivity index (χ1) is 26.5. The number of ether oxygens (including phenoxy) is 5. The maximum Gasteiger partial charge on any atom is 0.416 e. The first-order valence-electron chi connectivity index (χ1n) is 18.4. The number of hydrogen-bond acceptors (Lipinski definition) is 12. The average molecular weight is 756 g/mol. The van der Waals surface area contributed by atoms with Gasteiger partial charge in [-0.3, -0.25) is 24.0 Å². The summed E-state index contributed by atoms with van der Waals surface area (Å²) in [4.78, 5) is 63.7. The number of carbonyl (C=O) groups is 3. The fourth-order valence-electron chi connectivity index (χ4n) is 7.03. The van der Waals surface area contributed by atoms with Crippen molar-refractivity contribution < 1.29 is 38.1 Å². The van der Waals surface area contributed by atoms with Crippen LogP contribution in [0.3, 0.4) is 0 Å². The minimum absolute atomic E-state index is 0.0477. The van der Waals surface area contributed by atoms with Crippen molar-refractivity contribution in [2.75, 3.05) is 43.2 Å². The molecular weight excluding hydrogens is 710 g/mol. The van der Waals surface area contributed by atoms with E-state index in [1.807, 2.05) is 30.3 Å². The molecule has 4 aromatic rings. The van der Waals surface area contributed by atoms with E-state index in [1.165, 1.54) is 6.07 Å². The topological polar surface area (TPSA) is 176 Å². The molecule has 3 aliphatic rings. The minimum Gasteiger partial charge on any atom is -0.497 e. The number of carbonyl (C=O) groups excluding carboxylic acids is 3. The number of pyridine rings is 3. The van der Waals surface area contributed by atoms with E-state index >= 15 is 0 Å². The Morgan fingerprint density at radius 1 is 0.964 bits per heavy atom. The van der Waals surface area contributed by atoms with Crippen molar-refractivity contribution in [3.8, 4) is 17.4 Å². The van der Waals surface area contributed by atoms with Crippen molar-refractivity contribution in [3.63, 3.8) is 0 Å². The summed E-state index contributed by atoms with van der Waals surface area (Å²) in [7, 11) is 1.60. The van der Waals surface area contributed by atoms with E-state index in [9.17, 15) is 19.2 Å². The number of aromatic nitrogens is 3. The number of benzene rings is 1. The molecule has 0 bridgehead atoms. The fraction of sp³-hybridized carbons (Fsp3) is 0.436. The summed E-state index contributed by atoms with van der Waals surface area (Å²) >= 11 is 0. The van der Waals surface area contributed by atoms with Gasteiger partial charge >= 0.3 is 12.2 Å². The fourth-order valence-corrected chi connectivity index (χ4v) is 7.03. The zero-order valence-corrected chi connectivity index (χ0v) is 31.3. The van der Waals surface area contributed by atoms with E-state index in [2.05, 4.69) is 15.6 Å². The molecule has 1 aromatic carbocycles. The molecule has 1 aliphatic carbocycles. The Kier molecular flexibility index (Phi) is 10.8. The van der Waals surface area contributed by atoms with Crippen LogP contribution < -0.4 is 40.2 Å². The molecule has 1 saturated carbocycles. The van der Waals surface area contributed by atoms with Gasteiger partial charge in [-0.15, -0.1) is 0 Å². The first-order valence-corrected chi connectivity index (χ1v) is 18.4. The molecule has 3 atom stereocenters. The number of anilines is 2. The molecule has 2 N–H and O–H groups in total. The highest BCUT2D eigenvalue weighted by Gasteiger charge is 2.47. The van der Waals surface area contributed by atoms with Crippen molar-refractivity contribution in [1.82, 2.24) is 25.2 Å². The lowest BCUT2D eigenvalue weighted by Gasteiger charge is -2.34. The predicted molar refractivity (Wildman–Crippen MR) is 202 cm³/mol. The minimum atomic E-state index is -0.600. The van der Waals surface area contributed by atoms with Gasteiger partial charge in [0.25, 0.3) is 11.5 Å². The van der Waals surface area contributed by atoms with E-state index in [4.69, 9.17) is 28.7 Å². The summed E-state index contributed by atoms with van der Waals surface area (Å²) < 4.78 is 29.4.